The van der Waals surface area contributed by atoms with Crippen molar-refractivity contribution in [3.8, 4) is 0 Å². The zero-order valence-corrected chi connectivity index (χ0v) is 11.7. The summed E-state index contributed by atoms with van der Waals surface area (Å²) in [6.07, 6.45) is 2.56. The minimum Gasteiger partial charge on any atom is -0.379 e. The summed E-state index contributed by atoms with van der Waals surface area (Å²) in [5.41, 5.74) is 3.48. The first-order valence-electron chi connectivity index (χ1n) is 5.93. The molecule has 4 heteroatoms. The molecule has 94 valence electrons. The Hall–Kier alpha value is -1.13. The van der Waals surface area contributed by atoms with E-state index in [0.717, 1.165) is 35.4 Å². The molecule has 1 aliphatic heterocycles. The highest BCUT2D eigenvalue weighted by atomic mass is 79.9. The third-order valence-electron chi connectivity index (χ3n) is 3.55. The number of hydrogen-bond donors (Lipinski definition) is 0. The molecule has 0 saturated carbocycles. The molecule has 3 rings (SSSR count). The van der Waals surface area contributed by atoms with Gasteiger partial charge in [0.25, 0.3) is 0 Å². The van der Waals surface area contributed by atoms with E-state index >= 15 is 0 Å². The van der Waals surface area contributed by atoms with Crippen LogP contribution in [0.3, 0.4) is 0 Å². The first-order valence-corrected chi connectivity index (χ1v) is 6.73. The summed E-state index contributed by atoms with van der Waals surface area (Å²) in [6, 6.07) is 8.42. The summed E-state index contributed by atoms with van der Waals surface area (Å²) in [5, 5.41) is 4.09. The number of halogens is 1. The second-order valence-corrected chi connectivity index (χ2v) is 5.82. The van der Waals surface area contributed by atoms with Crippen molar-refractivity contribution in [1.82, 2.24) is 5.16 Å². The molecule has 1 aromatic heterocycles. The summed E-state index contributed by atoms with van der Waals surface area (Å²) < 4.78 is 11.6. The van der Waals surface area contributed by atoms with Crippen LogP contribution in [0.4, 0.5) is 0 Å². The number of rotatable bonds is 3. The lowest BCUT2D eigenvalue weighted by Crippen LogP contribution is -2.48. The first-order chi connectivity index (χ1) is 8.70. The lowest BCUT2D eigenvalue weighted by molar-refractivity contribution is -0.0606. The molecule has 0 N–H and O–H groups in total. The maximum Gasteiger partial charge on any atom is 0.126 e. The molecule has 1 aliphatic rings. The van der Waals surface area contributed by atoms with Crippen LogP contribution < -0.4 is 0 Å². The normalized spacial score (nSPS) is 17.4. The van der Waals surface area contributed by atoms with Crippen LogP contribution in [0.5, 0.6) is 0 Å². The van der Waals surface area contributed by atoms with Crippen LogP contribution >= 0.6 is 15.9 Å². The Labute approximate surface area is 114 Å². The van der Waals surface area contributed by atoms with Gasteiger partial charge in [-0.25, -0.2) is 0 Å². The fraction of sp³-hybridized carbons (Fsp3) is 0.357. The molecule has 0 aliphatic carbocycles. The van der Waals surface area contributed by atoms with Crippen LogP contribution in [0, 0.1) is 6.92 Å². The smallest absolute Gasteiger partial charge is 0.126 e. The van der Waals surface area contributed by atoms with Crippen LogP contribution in [0.2, 0.25) is 0 Å². The van der Waals surface area contributed by atoms with E-state index in [1.807, 2.05) is 13.0 Å². The van der Waals surface area contributed by atoms with Gasteiger partial charge < -0.3 is 9.26 Å². The van der Waals surface area contributed by atoms with Gasteiger partial charge in [-0.3, -0.25) is 0 Å². The SMILES string of the molecule is Cc1conc1CC1(c2cccc(Br)c2)COC1. The van der Waals surface area contributed by atoms with Gasteiger partial charge in [0.15, 0.2) is 0 Å². The molecule has 2 heterocycles. The molecule has 1 aromatic carbocycles. The first kappa shape index (κ1) is 11.9. The highest BCUT2D eigenvalue weighted by Gasteiger charge is 2.41. The summed E-state index contributed by atoms with van der Waals surface area (Å²) in [4.78, 5) is 0. The van der Waals surface area contributed by atoms with Gasteiger partial charge in [-0.05, 0) is 24.6 Å². The van der Waals surface area contributed by atoms with Crippen molar-refractivity contribution < 1.29 is 9.26 Å². The van der Waals surface area contributed by atoms with Crippen molar-refractivity contribution in [2.24, 2.45) is 0 Å². The van der Waals surface area contributed by atoms with E-state index in [2.05, 4.69) is 39.3 Å². The average Bonchev–Trinajstić information content (AvgIpc) is 2.69. The average molecular weight is 308 g/mol. The number of ether oxygens (including phenoxy) is 1. The van der Waals surface area contributed by atoms with E-state index in [-0.39, 0.29) is 5.41 Å². The van der Waals surface area contributed by atoms with Gasteiger partial charge in [0.2, 0.25) is 0 Å². The molecule has 3 nitrogen and oxygen atoms in total. The molecule has 0 bridgehead atoms. The van der Waals surface area contributed by atoms with E-state index in [1.165, 1.54) is 5.56 Å². The van der Waals surface area contributed by atoms with E-state index < -0.39 is 0 Å². The van der Waals surface area contributed by atoms with Gasteiger partial charge in [0.05, 0.1) is 18.9 Å². The van der Waals surface area contributed by atoms with E-state index in [4.69, 9.17) is 9.26 Å². The quantitative estimate of drug-likeness (QED) is 0.873. The largest absolute Gasteiger partial charge is 0.379 e. The number of hydrogen-bond acceptors (Lipinski definition) is 3. The summed E-state index contributed by atoms with van der Waals surface area (Å²) in [6.45, 7) is 3.52. The molecule has 0 unspecified atom stereocenters. The zero-order valence-electron chi connectivity index (χ0n) is 10.1. The Bertz CT molecular complexity index is 560. The minimum atomic E-state index is 0.0470. The molecule has 0 amide bonds. The van der Waals surface area contributed by atoms with Crippen LogP contribution in [-0.4, -0.2) is 18.4 Å². The van der Waals surface area contributed by atoms with Crippen molar-refractivity contribution >= 4 is 15.9 Å². The summed E-state index contributed by atoms with van der Waals surface area (Å²) in [7, 11) is 0. The fourth-order valence-electron chi connectivity index (χ4n) is 2.34. The monoisotopic (exact) mass is 307 g/mol. The van der Waals surface area contributed by atoms with Gasteiger partial charge in [-0.2, -0.15) is 0 Å². The lowest BCUT2D eigenvalue weighted by Gasteiger charge is -2.41. The van der Waals surface area contributed by atoms with Gasteiger partial charge in [0, 0.05) is 21.9 Å². The molecular formula is C14H14BrNO2. The van der Waals surface area contributed by atoms with Crippen LogP contribution in [0.1, 0.15) is 16.8 Å². The molecule has 0 atom stereocenters. The predicted molar refractivity (Wildman–Crippen MR) is 71.6 cm³/mol. The van der Waals surface area contributed by atoms with Gasteiger partial charge in [-0.1, -0.05) is 33.2 Å². The van der Waals surface area contributed by atoms with Crippen molar-refractivity contribution in [2.45, 2.75) is 18.8 Å². The van der Waals surface area contributed by atoms with Crippen LogP contribution in [0.25, 0.3) is 0 Å². The highest BCUT2D eigenvalue weighted by molar-refractivity contribution is 9.10. The number of benzene rings is 1. The summed E-state index contributed by atoms with van der Waals surface area (Å²) in [5.74, 6) is 0. The Kier molecular flexibility index (Phi) is 2.99. The third-order valence-corrected chi connectivity index (χ3v) is 4.04. The predicted octanol–water partition coefficient (Wildman–Crippen LogP) is 3.26. The number of nitrogens with zero attached hydrogens (tertiary/aromatic N) is 1. The molecule has 0 spiro atoms. The van der Waals surface area contributed by atoms with Crippen molar-refractivity contribution in [2.75, 3.05) is 13.2 Å². The maximum absolute atomic E-state index is 5.45. The number of aryl methyl sites for hydroxylation is 1. The fourth-order valence-corrected chi connectivity index (χ4v) is 2.74. The Morgan fingerprint density at radius 2 is 2.22 bits per heavy atom. The van der Waals surface area contributed by atoms with E-state index in [9.17, 15) is 0 Å². The van der Waals surface area contributed by atoms with Gasteiger partial charge in [0.1, 0.15) is 6.26 Å². The second-order valence-electron chi connectivity index (χ2n) is 4.90. The van der Waals surface area contributed by atoms with Crippen LogP contribution in [-0.2, 0) is 16.6 Å². The molecule has 2 aromatic rings. The summed E-state index contributed by atoms with van der Waals surface area (Å²) >= 11 is 3.53. The Morgan fingerprint density at radius 3 is 2.78 bits per heavy atom. The highest BCUT2D eigenvalue weighted by Crippen LogP contribution is 2.37. The Balaban J connectivity index is 1.93. The van der Waals surface area contributed by atoms with Gasteiger partial charge >= 0.3 is 0 Å². The van der Waals surface area contributed by atoms with Crippen molar-refractivity contribution in [1.29, 1.82) is 0 Å². The Morgan fingerprint density at radius 1 is 1.39 bits per heavy atom. The third kappa shape index (κ3) is 1.99. The molecule has 1 fully saturated rings. The second kappa shape index (κ2) is 4.52. The maximum atomic E-state index is 5.45. The van der Waals surface area contributed by atoms with Crippen molar-refractivity contribution in [3.63, 3.8) is 0 Å². The molecule has 18 heavy (non-hydrogen) atoms. The molecule has 0 radical (unpaired) electrons. The topological polar surface area (TPSA) is 35.3 Å². The zero-order chi connectivity index (χ0) is 12.6. The standard InChI is InChI=1S/C14H14BrNO2/c1-10-7-18-16-13(10)6-14(8-17-9-14)11-3-2-4-12(15)5-11/h2-5,7H,6,8-9H2,1H3. The minimum absolute atomic E-state index is 0.0470. The molecule has 1 saturated heterocycles. The lowest BCUT2D eigenvalue weighted by atomic mass is 9.74. The van der Waals surface area contributed by atoms with Crippen molar-refractivity contribution in [3.05, 3.63) is 51.8 Å². The van der Waals surface area contributed by atoms with Gasteiger partial charge in [-0.15, -0.1) is 0 Å². The van der Waals surface area contributed by atoms with E-state index in [1.54, 1.807) is 6.26 Å². The molecular weight excluding hydrogens is 294 g/mol. The van der Waals surface area contributed by atoms with E-state index in [0.29, 0.717) is 0 Å². The number of aromatic nitrogens is 1. The van der Waals surface area contributed by atoms with Crippen LogP contribution in [0.15, 0.2) is 39.5 Å².